The van der Waals surface area contributed by atoms with Crippen molar-refractivity contribution in [2.45, 2.75) is 45.7 Å². The zero-order chi connectivity index (χ0) is 17.1. The average Bonchev–Trinajstić information content (AvgIpc) is 2.52. The van der Waals surface area contributed by atoms with Crippen LogP contribution in [0.2, 0.25) is 0 Å². The minimum Gasteiger partial charge on any atom is -0.497 e. The van der Waals surface area contributed by atoms with Crippen molar-refractivity contribution in [2.24, 2.45) is 5.84 Å². The molecule has 4 N–H and O–H groups in total. The van der Waals surface area contributed by atoms with Crippen molar-refractivity contribution in [1.29, 1.82) is 0 Å². The Morgan fingerprint density at radius 2 is 2.05 bits per heavy atom. The average molecular weight is 309 g/mol. The summed E-state index contributed by atoms with van der Waals surface area (Å²) in [5, 5.41) is 2.67. The molecule has 0 heterocycles. The van der Waals surface area contributed by atoms with E-state index >= 15 is 0 Å². The van der Waals surface area contributed by atoms with Crippen LogP contribution in [0.1, 0.15) is 33.6 Å². The van der Waals surface area contributed by atoms with Gasteiger partial charge in [0.2, 0.25) is 5.78 Å². The van der Waals surface area contributed by atoms with Crippen molar-refractivity contribution in [3.8, 4) is 0 Å². The highest BCUT2D eigenvalue weighted by atomic mass is 16.5. The number of ether oxygens (including phenoxy) is 1. The van der Waals surface area contributed by atoms with Crippen molar-refractivity contribution in [1.82, 2.24) is 10.7 Å². The summed E-state index contributed by atoms with van der Waals surface area (Å²) in [4.78, 5) is 24.0. The van der Waals surface area contributed by atoms with Gasteiger partial charge in [-0.2, -0.15) is 0 Å². The number of hydrogen-bond donors (Lipinski definition) is 3. The summed E-state index contributed by atoms with van der Waals surface area (Å²) in [6, 6.07) is -1.00. The largest absolute Gasteiger partial charge is 0.497 e. The molecule has 0 bridgehead atoms. The van der Waals surface area contributed by atoms with Crippen LogP contribution in [0.4, 0.5) is 0 Å². The van der Waals surface area contributed by atoms with E-state index < -0.39 is 17.7 Å². The van der Waals surface area contributed by atoms with Crippen LogP contribution in [-0.4, -0.2) is 30.9 Å². The molecule has 0 saturated heterocycles. The number of nitrogens with two attached hydrogens (primary N) is 1. The maximum absolute atomic E-state index is 12.0. The van der Waals surface area contributed by atoms with E-state index in [2.05, 4.69) is 17.3 Å². The number of amides is 1. The summed E-state index contributed by atoms with van der Waals surface area (Å²) < 4.78 is 5.12. The van der Waals surface area contributed by atoms with E-state index in [4.69, 9.17) is 10.6 Å². The molecule has 0 aromatic heterocycles. The second kappa shape index (κ2) is 10.8. The Balaban J connectivity index is 4.91. The van der Waals surface area contributed by atoms with Gasteiger partial charge in [0.1, 0.15) is 5.76 Å². The molecule has 0 fully saturated rings. The minimum absolute atomic E-state index is 0.341. The lowest BCUT2D eigenvalue weighted by Crippen LogP contribution is -2.49. The van der Waals surface area contributed by atoms with Crippen molar-refractivity contribution < 1.29 is 14.3 Å². The lowest BCUT2D eigenvalue weighted by atomic mass is 10.0. The van der Waals surface area contributed by atoms with E-state index in [1.807, 2.05) is 19.9 Å². The van der Waals surface area contributed by atoms with Crippen LogP contribution >= 0.6 is 0 Å². The number of ketones is 1. The summed E-state index contributed by atoms with van der Waals surface area (Å²) in [6.07, 6.45) is 6.43. The number of rotatable bonds is 10. The molecular formula is C16H27N3O3. The zero-order valence-electron chi connectivity index (χ0n) is 13.8. The fourth-order valence-electron chi connectivity index (χ4n) is 1.91. The van der Waals surface area contributed by atoms with Gasteiger partial charge < -0.3 is 10.1 Å². The van der Waals surface area contributed by atoms with Gasteiger partial charge in [-0.1, -0.05) is 26.0 Å². The lowest BCUT2D eigenvalue weighted by Gasteiger charge is -2.18. The Kier molecular flexibility index (Phi) is 9.82. The maximum Gasteiger partial charge on any atom is 0.289 e. The summed E-state index contributed by atoms with van der Waals surface area (Å²) in [5.41, 5.74) is 3.19. The molecule has 6 nitrogen and oxygen atoms in total. The monoisotopic (exact) mass is 309 g/mol. The topological polar surface area (TPSA) is 93.5 Å². The van der Waals surface area contributed by atoms with E-state index in [1.165, 1.54) is 7.11 Å². The molecule has 22 heavy (non-hydrogen) atoms. The Morgan fingerprint density at radius 1 is 1.41 bits per heavy atom. The molecule has 0 rings (SSSR count). The molecule has 0 aromatic rings. The van der Waals surface area contributed by atoms with Crippen molar-refractivity contribution in [3.63, 3.8) is 0 Å². The first-order valence-corrected chi connectivity index (χ1v) is 7.30. The Labute approximate surface area is 132 Å². The van der Waals surface area contributed by atoms with E-state index in [1.54, 1.807) is 19.1 Å². The predicted octanol–water partition coefficient (Wildman–Crippen LogP) is 1.35. The molecule has 124 valence electrons. The molecule has 0 saturated carbocycles. The van der Waals surface area contributed by atoms with Crippen LogP contribution < -0.4 is 16.6 Å². The van der Waals surface area contributed by atoms with E-state index in [9.17, 15) is 9.59 Å². The molecule has 0 radical (unpaired) electrons. The molecule has 0 aliphatic carbocycles. The number of hydrazine groups is 1. The third-order valence-corrected chi connectivity index (χ3v) is 3.25. The Hall–Kier alpha value is -1.92. The number of hydrogen-bond acceptors (Lipinski definition) is 5. The summed E-state index contributed by atoms with van der Waals surface area (Å²) >= 11 is 0. The highest BCUT2D eigenvalue weighted by Crippen LogP contribution is 2.09. The van der Waals surface area contributed by atoms with Gasteiger partial charge in [-0.05, 0) is 38.0 Å². The molecular weight excluding hydrogens is 282 g/mol. The van der Waals surface area contributed by atoms with Gasteiger partial charge in [-0.15, -0.1) is 0 Å². The highest BCUT2D eigenvalue weighted by molar-refractivity contribution is 6.38. The molecule has 0 aliphatic heterocycles. The second-order valence-corrected chi connectivity index (χ2v) is 4.81. The third kappa shape index (κ3) is 6.24. The Morgan fingerprint density at radius 3 is 2.45 bits per heavy atom. The highest BCUT2D eigenvalue weighted by Gasteiger charge is 2.25. The third-order valence-electron chi connectivity index (χ3n) is 3.25. The molecule has 0 aromatic carbocycles. The van der Waals surface area contributed by atoms with Gasteiger partial charge in [0.15, 0.2) is 0 Å². The Bertz CT molecular complexity index is 456. The van der Waals surface area contributed by atoms with Crippen molar-refractivity contribution >= 4 is 11.7 Å². The number of Topliss-reactive ketones (excluding diaryl/α,β-unsaturated/α-hetero) is 1. The van der Waals surface area contributed by atoms with Crippen LogP contribution in [0, 0.1) is 0 Å². The van der Waals surface area contributed by atoms with Crippen LogP contribution in [0.5, 0.6) is 0 Å². The molecule has 0 spiro atoms. The number of allylic oxidation sites excluding steroid dienone is 2. The second-order valence-electron chi connectivity index (χ2n) is 4.81. The van der Waals surface area contributed by atoms with Gasteiger partial charge in [-0.3, -0.25) is 15.4 Å². The quantitative estimate of drug-likeness (QED) is 0.186. The van der Waals surface area contributed by atoms with Gasteiger partial charge in [0.25, 0.3) is 5.91 Å². The first-order chi connectivity index (χ1) is 10.4. The normalized spacial score (nSPS) is 15.0. The van der Waals surface area contributed by atoms with Crippen LogP contribution in [0.25, 0.3) is 0 Å². The number of methoxy groups -OCH3 is 1. The number of carbonyl (C=O) groups is 2. The first kappa shape index (κ1) is 20.1. The smallest absolute Gasteiger partial charge is 0.289 e. The lowest BCUT2D eigenvalue weighted by molar-refractivity contribution is -0.139. The number of carbonyl (C=O) groups excluding carboxylic acids is 2. The molecule has 2 atom stereocenters. The van der Waals surface area contributed by atoms with Gasteiger partial charge >= 0.3 is 0 Å². The van der Waals surface area contributed by atoms with Gasteiger partial charge in [-0.25, -0.2) is 5.43 Å². The van der Waals surface area contributed by atoms with E-state index in [0.29, 0.717) is 12.2 Å². The van der Waals surface area contributed by atoms with E-state index in [-0.39, 0.29) is 6.04 Å². The standard InChI is InChI=1S/C16H27N3O3/c1-6-9-14(19-17)15(20)16(21)18-11(4)12(7-2)10-13(8-3)22-5/h7-8,10-11,14,19H,3,6,9,17H2,1-2,4-5H3,(H,18,21)/b12-7+,13-10+. The minimum atomic E-state index is -0.662. The summed E-state index contributed by atoms with van der Waals surface area (Å²) in [5.74, 6) is 4.67. The summed E-state index contributed by atoms with van der Waals surface area (Å²) in [7, 11) is 1.54. The first-order valence-electron chi connectivity index (χ1n) is 7.30. The molecule has 2 unspecified atom stereocenters. The zero-order valence-corrected chi connectivity index (χ0v) is 13.8. The van der Waals surface area contributed by atoms with Crippen LogP contribution in [-0.2, 0) is 14.3 Å². The number of nitrogens with one attached hydrogen (secondary N) is 2. The van der Waals surface area contributed by atoms with Crippen molar-refractivity contribution in [2.75, 3.05) is 7.11 Å². The van der Waals surface area contributed by atoms with Gasteiger partial charge in [0, 0.05) is 0 Å². The maximum atomic E-state index is 12.0. The SMILES string of the molecule is C=C/C(=C\C(=C/C)C(C)NC(=O)C(=O)C(CCC)NN)OC. The molecule has 0 aliphatic rings. The molecule has 1 amide bonds. The fraction of sp³-hybridized carbons (Fsp3) is 0.500. The summed E-state index contributed by atoms with van der Waals surface area (Å²) in [6.45, 7) is 9.19. The predicted molar refractivity (Wildman–Crippen MR) is 87.7 cm³/mol. The van der Waals surface area contributed by atoms with E-state index in [0.717, 1.165) is 12.0 Å². The molecule has 6 heteroatoms. The van der Waals surface area contributed by atoms with Gasteiger partial charge in [0.05, 0.1) is 19.2 Å². The van der Waals surface area contributed by atoms with Crippen LogP contribution in [0.3, 0.4) is 0 Å². The van der Waals surface area contributed by atoms with Crippen molar-refractivity contribution in [3.05, 3.63) is 36.1 Å². The fourth-order valence-corrected chi connectivity index (χ4v) is 1.91. The van der Waals surface area contributed by atoms with Crippen LogP contribution in [0.15, 0.2) is 36.1 Å².